The zero-order chi connectivity index (χ0) is 44.0. The zero-order valence-corrected chi connectivity index (χ0v) is 36.9. The molecule has 3 amide bonds. The Bertz CT molecular complexity index is 2080. The Balaban J connectivity index is 0.000000514. The van der Waals surface area contributed by atoms with Crippen molar-refractivity contribution in [2.24, 2.45) is 5.92 Å². The Morgan fingerprint density at radius 1 is 0.883 bits per heavy atom. The summed E-state index contributed by atoms with van der Waals surface area (Å²) >= 11 is 0. The van der Waals surface area contributed by atoms with E-state index in [1.54, 1.807) is 0 Å². The van der Waals surface area contributed by atoms with E-state index in [-0.39, 0.29) is 24.3 Å². The first-order valence-electron chi connectivity index (χ1n) is 21.1. The topological polar surface area (TPSA) is 187 Å². The molecule has 2 unspecified atom stereocenters. The number of aryl methyl sites for hydroxylation is 1. The Morgan fingerprint density at radius 3 is 2.18 bits per heavy atom. The SMILES string of the molecule is CC.CC(=O)NCC(=O)NCCCCc1ncc(-c2ccc3cc(-c4ccc(-c5cnc(C6CCCN6C)[nH]5)cc4)cnc3c2)[nH]1.CCC.COC(=O)NC(C=O)C(C)C. The van der Waals surface area contributed by atoms with Gasteiger partial charge in [-0.1, -0.05) is 84.4 Å². The quantitative estimate of drug-likeness (QED) is 0.0546. The Morgan fingerprint density at radius 2 is 1.55 bits per heavy atom. The number of benzene rings is 2. The van der Waals surface area contributed by atoms with Crippen LogP contribution in [0.1, 0.15) is 98.3 Å². The predicted molar refractivity (Wildman–Crippen MR) is 239 cm³/mol. The number of carbonyl (C=O) groups is 4. The van der Waals surface area contributed by atoms with Gasteiger partial charge in [0.2, 0.25) is 11.8 Å². The molecule has 1 aliphatic rings. The number of fused-ring (bicyclic) bond motifs is 1. The highest BCUT2D eigenvalue weighted by Crippen LogP contribution is 2.31. The number of ether oxygens (including phenoxy) is 1. The largest absolute Gasteiger partial charge is 0.453 e. The number of unbranched alkanes of at least 4 members (excludes halogenated alkanes) is 1. The molecule has 0 aliphatic carbocycles. The van der Waals surface area contributed by atoms with Crippen LogP contribution in [-0.2, 0) is 25.5 Å². The van der Waals surface area contributed by atoms with Gasteiger partial charge in [-0.3, -0.25) is 19.5 Å². The summed E-state index contributed by atoms with van der Waals surface area (Å²) in [5.74, 6) is 1.66. The summed E-state index contributed by atoms with van der Waals surface area (Å²) in [5.41, 5.74) is 7.27. The molecule has 2 aromatic carbocycles. The minimum Gasteiger partial charge on any atom is -0.453 e. The van der Waals surface area contributed by atoms with Gasteiger partial charge in [0.25, 0.3) is 0 Å². The lowest BCUT2D eigenvalue weighted by molar-refractivity contribution is -0.125. The van der Waals surface area contributed by atoms with Crippen LogP contribution in [0.5, 0.6) is 0 Å². The molecular formula is C46H65N9O5. The van der Waals surface area contributed by atoms with Gasteiger partial charge in [-0.2, -0.15) is 0 Å². The average molecular weight is 824 g/mol. The maximum absolute atomic E-state index is 11.7. The number of nitrogens with zero attached hydrogens (tertiary/aromatic N) is 4. The number of imidazole rings is 2. The van der Waals surface area contributed by atoms with Gasteiger partial charge in [0.1, 0.15) is 17.9 Å². The van der Waals surface area contributed by atoms with Gasteiger partial charge < -0.3 is 35.4 Å². The smallest absolute Gasteiger partial charge is 0.407 e. The first-order chi connectivity index (χ1) is 29.0. The van der Waals surface area contributed by atoms with E-state index >= 15 is 0 Å². The third kappa shape index (κ3) is 15.0. The van der Waals surface area contributed by atoms with E-state index in [2.05, 4.69) is 115 Å². The summed E-state index contributed by atoms with van der Waals surface area (Å²) in [6.07, 6.45) is 12.0. The van der Waals surface area contributed by atoms with E-state index < -0.39 is 12.1 Å². The molecule has 0 radical (unpaired) electrons. The number of hydrogen-bond acceptors (Lipinski definition) is 9. The second kappa shape index (κ2) is 25.6. The fourth-order valence-electron chi connectivity index (χ4n) is 6.30. The van der Waals surface area contributed by atoms with Crippen molar-refractivity contribution >= 4 is 35.1 Å². The number of aromatic nitrogens is 5. The van der Waals surface area contributed by atoms with E-state index in [4.69, 9.17) is 4.98 Å². The van der Waals surface area contributed by atoms with Gasteiger partial charge in [0, 0.05) is 42.6 Å². The number of nitrogens with one attached hydrogen (secondary N) is 5. The summed E-state index contributed by atoms with van der Waals surface area (Å²) in [6.45, 7) is 15.0. The van der Waals surface area contributed by atoms with Crippen LogP contribution in [0.25, 0.3) is 44.5 Å². The normalized spacial score (nSPS) is 13.7. The van der Waals surface area contributed by atoms with Gasteiger partial charge >= 0.3 is 6.09 Å². The molecule has 5 N–H and O–H groups in total. The maximum atomic E-state index is 11.7. The number of aromatic amines is 2. The molecule has 1 aliphatic heterocycles. The summed E-state index contributed by atoms with van der Waals surface area (Å²) in [7, 11) is 3.42. The lowest BCUT2D eigenvalue weighted by Gasteiger charge is -2.16. The van der Waals surface area contributed by atoms with Crippen molar-refractivity contribution in [2.75, 3.05) is 33.8 Å². The zero-order valence-electron chi connectivity index (χ0n) is 36.9. The van der Waals surface area contributed by atoms with Crippen LogP contribution in [0.2, 0.25) is 0 Å². The molecule has 60 heavy (non-hydrogen) atoms. The lowest BCUT2D eigenvalue weighted by atomic mass is 10.0. The Labute approximate surface area is 355 Å². The van der Waals surface area contributed by atoms with E-state index in [9.17, 15) is 19.2 Å². The summed E-state index contributed by atoms with van der Waals surface area (Å²) < 4.78 is 4.32. The Hall–Kier alpha value is -5.89. The van der Waals surface area contributed by atoms with Crippen molar-refractivity contribution in [1.29, 1.82) is 0 Å². The molecule has 0 saturated carbocycles. The van der Waals surface area contributed by atoms with Crippen molar-refractivity contribution < 1.29 is 23.9 Å². The first-order valence-corrected chi connectivity index (χ1v) is 21.1. The standard InChI is InChI=1S/C34H38N8O2.C7H13NO3.C3H8.C2H6/c1-22(43)36-21-33(44)35-14-4-3-7-32-38-19-30(40-32)26-13-12-25-16-27(18-37-28(25)17-26)23-8-10-24(11-9-23)29-20-39-34(41-29)31-6-5-15-42(31)2;1-5(2)6(4-9)8-7(10)11-3;1-3-2;1-2/h8-13,16-20,31H,3-7,14-15,21H2,1-2H3,(H,35,44)(H,36,43)(H,38,40)(H,39,41);4-6H,1-3H3,(H,8,10);3H2,1-2H3;1-2H3. The van der Waals surface area contributed by atoms with E-state index in [0.29, 0.717) is 18.9 Å². The van der Waals surface area contributed by atoms with Crippen LogP contribution >= 0.6 is 0 Å². The fourth-order valence-corrected chi connectivity index (χ4v) is 6.30. The number of alkyl carbamates (subject to hydrolysis) is 1. The van der Waals surface area contributed by atoms with Crippen molar-refractivity contribution in [1.82, 2.24) is 45.8 Å². The molecule has 1 saturated heterocycles. The number of likely N-dealkylation sites (tertiary alicyclic amines) is 1. The highest BCUT2D eigenvalue weighted by Gasteiger charge is 2.25. The highest BCUT2D eigenvalue weighted by atomic mass is 16.5. The number of aldehydes is 1. The molecule has 5 aromatic rings. The number of H-pyrrole nitrogens is 2. The van der Waals surface area contributed by atoms with Crippen molar-refractivity contribution in [3.63, 3.8) is 0 Å². The van der Waals surface area contributed by atoms with Gasteiger partial charge in [-0.05, 0) is 68.5 Å². The molecule has 14 heteroatoms. The number of methoxy groups -OCH3 is 1. The molecule has 0 bridgehead atoms. The molecule has 324 valence electrons. The third-order valence-corrected chi connectivity index (χ3v) is 9.58. The van der Waals surface area contributed by atoms with Crippen LogP contribution in [-0.4, -0.2) is 93.8 Å². The third-order valence-electron chi connectivity index (χ3n) is 9.58. The number of amides is 3. The summed E-state index contributed by atoms with van der Waals surface area (Å²) in [6, 6.07) is 16.9. The lowest BCUT2D eigenvalue weighted by Crippen LogP contribution is -2.39. The molecule has 4 heterocycles. The van der Waals surface area contributed by atoms with Crippen LogP contribution in [0.4, 0.5) is 4.79 Å². The van der Waals surface area contributed by atoms with Crippen molar-refractivity contribution in [3.05, 3.63) is 78.8 Å². The molecule has 2 atom stereocenters. The summed E-state index contributed by atoms with van der Waals surface area (Å²) in [5, 5.41) is 8.77. The first kappa shape index (κ1) is 48.5. The molecule has 0 spiro atoms. The van der Waals surface area contributed by atoms with Crippen molar-refractivity contribution in [3.8, 4) is 33.6 Å². The molecule has 6 rings (SSSR count). The predicted octanol–water partition coefficient (Wildman–Crippen LogP) is 8.03. The highest BCUT2D eigenvalue weighted by molar-refractivity contribution is 5.87. The average Bonchev–Trinajstić information content (AvgIpc) is 4.04. The van der Waals surface area contributed by atoms with E-state index in [1.165, 1.54) is 26.9 Å². The van der Waals surface area contributed by atoms with Gasteiger partial charge in [0.05, 0.1) is 55.0 Å². The van der Waals surface area contributed by atoms with E-state index in [0.717, 1.165) is 88.4 Å². The molecular weight excluding hydrogens is 759 g/mol. The minimum atomic E-state index is -0.573. The second-order valence-electron chi connectivity index (χ2n) is 14.7. The van der Waals surface area contributed by atoms with Gasteiger partial charge in [-0.25, -0.2) is 14.8 Å². The van der Waals surface area contributed by atoms with Crippen LogP contribution in [0.3, 0.4) is 0 Å². The molecule has 3 aromatic heterocycles. The number of pyridine rings is 1. The summed E-state index contributed by atoms with van der Waals surface area (Å²) in [4.78, 5) is 66.8. The monoisotopic (exact) mass is 824 g/mol. The molecule has 14 nitrogen and oxygen atoms in total. The maximum Gasteiger partial charge on any atom is 0.407 e. The van der Waals surface area contributed by atoms with Crippen LogP contribution < -0.4 is 16.0 Å². The van der Waals surface area contributed by atoms with Crippen LogP contribution in [0, 0.1) is 5.92 Å². The minimum absolute atomic E-state index is 0.0119. The van der Waals surface area contributed by atoms with Crippen LogP contribution in [0.15, 0.2) is 67.1 Å². The van der Waals surface area contributed by atoms with Gasteiger partial charge in [0.15, 0.2) is 0 Å². The fraction of sp³-hybridized carbons (Fsp3) is 0.457. The number of rotatable bonds is 14. The van der Waals surface area contributed by atoms with Crippen molar-refractivity contribution in [2.45, 2.75) is 99.1 Å². The second-order valence-corrected chi connectivity index (χ2v) is 14.7. The van der Waals surface area contributed by atoms with Gasteiger partial charge in [-0.15, -0.1) is 0 Å². The molecule has 1 fully saturated rings. The van der Waals surface area contributed by atoms with E-state index in [1.807, 2.05) is 46.3 Å². The number of hydrogen-bond donors (Lipinski definition) is 5. The Kier molecular flexibility index (Phi) is 20.7. The number of carbonyl (C=O) groups excluding carboxylic acids is 4.